The summed E-state index contributed by atoms with van der Waals surface area (Å²) >= 11 is 1.93. The molecule has 0 heterocycles. The number of hydrogen-bond acceptors (Lipinski definition) is 3. The maximum absolute atomic E-state index is 6.36. The van der Waals surface area contributed by atoms with E-state index in [1.165, 1.54) is 25.0 Å². The van der Waals surface area contributed by atoms with Crippen molar-refractivity contribution in [3.05, 3.63) is 0 Å². The Morgan fingerprint density at radius 2 is 2.13 bits per heavy atom. The number of thioether (sulfide) groups is 1. The van der Waals surface area contributed by atoms with Crippen molar-refractivity contribution in [2.24, 2.45) is 11.7 Å². The molecule has 0 bridgehead atoms. The topological polar surface area (TPSA) is 29.3 Å². The van der Waals surface area contributed by atoms with Gasteiger partial charge < -0.3 is 10.6 Å². The Balaban J connectivity index is 2.40. The molecule has 2 atom stereocenters. The third-order valence-corrected chi connectivity index (χ3v) is 4.27. The van der Waals surface area contributed by atoms with Gasteiger partial charge in [-0.25, -0.2) is 0 Å². The van der Waals surface area contributed by atoms with E-state index >= 15 is 0 Å². The van der Waals surface area contributed by atoms with Crippen LogP contribution in [0.15, 0.2) is 0 Å². The Bertz CT molecular complexity index is 190. The Morgan fingerprint density at radius 1 is 1.53 bits per heavy atom. The van der Waals surface area contributed by atoms with Crippen molar-refractivity contribution in [2.45, 2.75) is 44.7 Å². The van der Waals surface area contributed by atoms with E-state index in [2.05, 4.69) is 32.1 Å². The van der Waals surface area contributed by atoms with Crippen molar-refractivity contribution >= 4 is 11.8 Å². The summed E-state index contributed by atoms with van der Waals surface area (Å²) in [6, 6.07) is 0.682. The number of nitrogens with two attached hydrogens (primary N) is 1. The van der Waals surface area contributed by atoms with E-state index in [1.807, 2.05) is 11.8 Å². The fraction of sp³-hybridized carbons (Fsp3) is 1.00. The van der Waals surface area contributed by atoms with Gasteiger partial charge in [-0.15, -0.1) is 0 Å². The first-order chi connectivity index (χ1) is 7.01. The van der Waals surface area contributed by atoms with Gasteiger partial charge in [0.1, 0.15) is 0 Å². The summed E-state index contributed by atoms with van der Waals surface area (Å²) in [4.78, 5) is 2.45. The number of hydrogen-bond donors (Lipinski definition) is 1. The molecule has 2 N–H and O–H groups in total. The third-order valence-electron chi connectivity index (χ3n) is 3.55. The molecule has 1 aliphatic rings. The minimum atomic E-state index is 0.0284. The predicted molar refractivity (Wildman–Crippen MR) is 70.4 cm³/mol. The summed E-state index contributed by atoms with van der Waals surface area (Å²) in [5, 5.41) is 0. The van der Waals surface area contributed by atoms with E-state index in [0.717, 1.165) is 12.5 Å². The second kappa shape index (κ2) is 5.55. The molecule has 3 heteroatoms. The van der Waals surface area contributed by atoms with E-state index in [0.29, 0.717) is 6.04 Å². The Kier molecular flexibility index (Phi) is 4.94. The lowest BCUT2D eigenvalue weighted by atomic mass is 9.96. The standard InChI is InChI=1S/C12H26N2S/c1-5-11(8-15-4)14(3)9-12(2,13)10-6-7-10/h10-11H,5-9,13H2,1-4H3. The fourth-order valence-electron chi connectivity index (χ4n) is 2.29. The highest BCUT2D eigenvalue weighted by molar-refractivity contribution is 7.98. The first kappa shape index (κ1) is 13.3. The minimum absolute atomic E-state index is 0.0284. The monoisotopic (exact) mass is 230 g/mol. The zero-order chi connectivity index (χ0) is 11.5. The summed E-state index contributed by atoms with van der Waals surface area (Å²) in [5.74, 6) is 1.99. The first-order valence-corrected chi connectivity index (χ1v) is 7.38. The Labute approximate surface area is 99.0 Å². The van der Waals surface area contributed by atoms with Crippen LogP contribution in [0.4, 0.5) is 0 Å². The van der Waals surface area contributed by atoms with Crippen LogP contribution in [-0.2, 0) is 0 Å². The zero-order valence-corrected chi connectivity index (χ0v) is 11.4. The van der Waals surface area contributed by atoms with Crippen molar-refractivity contribution < 1.29 is 0 Å². The van der Waals surface area contributed by atoms with E-state index in [1.54, 1.807) is 0 Å². The second-order valence-electron chi connectivity index (χ2n) is 5.21. The highest BCUT2D eigenvalue weighted by Gasteiger charge is 2.39. The van der Waals surface area contributed by atoms with Crippen molar-refractivity contribution in [1.29, 1.82) is 0 Å². The summed E-state index contributed by atoms with van der Waals surface area (Å²) < 4.78 is 0. The quantitative estimate of drug-likeness (QED) is 0.727. The summed E-state index contributed by atoms with van der Waals surface area (Å²) in [6.07, 6.45) is 6.07. The third kappa shape index (κ3) is 3.97. The second-order valence-corrected chi connectivity index (χ2v) is 6.12. The lowest BCUT2D eigenvalue weighted by Crippen LogP contribution is -2.51. The van der Waals surface area contributed by atoms with Gasteiger partial charge in [0.05, 0.1) is 0 Å². The van der Waals surface area contributed by atoms with Gasteiger partial charge in [0.25, 0.3) is 0 Å². The molecule has 0 amide bonds. The smallest absolute Gasteiger partial charge is 0.0283 e. The highest BCUT2D eigenvalue weighted by atomic mass is 32.2. The van der Waals surface area contributed by atoms with Gasteiger partial charge >= 0.3 is 0 Å². The maximum Gasteiger partial charge on any atom is 0.0283 e. The largest absolute Gasteiger partial charge is 0.324 e. The summed E-state index contributed by atoms with van der Waals surface area (Å²) in [7, 11) is 2.22. The number of rotatable bonds is 7. The molecule has 0 aromatic carbocycles. The molecular formula is C12H26N2S. The van der Waals surface area contributed by atoms with Crippen LogP contribution in [0.3, 0.4) is 0 Å². The van der Waals surface area contributed by atoms with Gasteiger partial charge in [0.15, 0.2) is 0 Å². The van der Waals surface area contributed by atoms with Crippen LogP contribution in [0.2, 0.25) is 0 Å². The van der Waals surface area contributed by atoms with Crippen molar-refractivity contribution in [1.82, 2.24) is 4.90 Å². The average Bonchev–Trinajstić information content (AvgIpc) is 2.95. The molecule has 90 valence electrons. The van der Waals surface area contributed by atoms with Gasteiger partial charge in [0.2, 0.25) is 0 Å². The van der Waals surface area contributed by atoms with Gasteiger partial charge in [-0.1, -0.05) is 6.92 Å². The molecule has 0 aliphatic heterocycles. The fourth-order valence-corrected chi connectivity index (χ4v) is 3.16. The average molecular weight is 230 g/mol. The molecular weight excluding hydrogens is 204 g/mol. The Morgan fingerprint density at radius 3 is 2.53 bits per heavy atom. The van der Waals surface area contributed by atoms with Crippen molar-refractivity contribution in [3.63, 3.8) is 0 Å². The highest BCUT2D eigenvalue weighted by Crippen LogP contribution is 2.38. The van der Waals surface area contributed by atoms with Gasteiger partial charge in [-0.2, -0.15) is 11.8 Å². The molecule has 1 saturated carbocycles. The first-order valence-electron chi connectivity index (χ1n) is 5.99. The molecule has 0 aromatic heterocycles. The van der Waals surface area contributed by atoms with Crippen LogP contribution in [0.5, 0.6) is 0 Å². The molecule has 0 spiro atoms. The van der Waals surface area contributed by atoms with Crippen LogP contribution in [0, 0.1) is 5.92 Å². The molecule has 0 saturated heterocycles. The molecule has 15 heavy (non-hydrogen) atoms. The molecule has 1 aliphatic carbocycles. The molecule has 0 radical (unpaired) electrons. The van der Waals surface area contributed by atoms with Gasteiger partial charge in [0, 0.05) is 23.9 Å². The van der Waals surface area contributed by atoms with Crippen LogP contribution in [-0.4, -0.2) is 42.1 Å². The number of nitrogens with zero attached hydrogens (tertiary/aromatic N) is 1. The van der Waals surface area contributed by atoms with E-state index in [-0.39, 0.29) is 5.54 Å². The zero-order valence-electron chi connectivity index (χ0n) is 10.6. The maximum atomic E-state index is 6.36. The predicted octanol–water partition coefficient (Wildman–Crippen LogP) is 2.19. The normalized spacial score (nSPS) is 22.8. The summed E-state index contributed by atoms with van der Waals surface area (Å²) in [6.45, 7) is 5.52. The van der Waals surface area contributed by atoms with E-state index in [4.69, 9.17) is 5.73 Å². The Hall–Kier alpha value is 0.270. The van der Waals surface area contributed by atoms with E-state index in [9.17, 15) is 0 Å². The van der Waals surface area contributed by atoms with E-state index < -0.39 is 0 Å². The molecule has 1 fully saturated rings. The molecule has 2 unspecified atom stereocenters. The summed E-state index contributed by atoms with van der Waals surface area (Å²) in [5.41, 5.74) is 6.39. The van der Waals surface area contributed by atoms with Crippen LogP contribution in [0.1, 0.15) is 33.1 Å². The van der Waals surface area contributed by atoms with Crippen LogP contribution < -0.4 is 5.73 Å². The lowest BCUT2D eigenvalue weighted by molar-refractivity contribution is 0.191. The van der Waals surface area contributed by atoms with Crippen molar-refractivity contribution in [3.8, 4) is 0 Å². The van der Waals surface area contributed by atoms with Crippen LogP contribution in [0.25, 0.3) is 0 Å². The van der Waals surface area contributed by atoms with Crippen molar-refractivity contribution in [2.75, 3.05) is 25.6 Å². The molecule has 2 nitrogen and oxygen atoms in total. The molecule has 1 rings (SSSR count). The number of likely N-dealkylation sites (N-methyl/N-ethyl adjacent to an activating group) is 1. The van der Waals surface area contributed by atoms with Gasteiger partial charge in [-0.3, -0.25) is 0 Å². The lowest BCUT2D eigenvalue weighted by Gasteiger charge is -2.35. The SMILES string of the molecule is CCC(CSC)N(C)CC(C)(N)C1CC1. The van der Waals surface area contributed by atoms with Gasteiger partial charge in [-0.05, 0) is 45.4 Å². The molecule has 0 aromatic rings. The minimum Gasteiger partial charge on any atom is -0.324 e. The van der Waals surface area contributed by atoms with Crippen LogP contribution >= 0.6 is 11.8 Å².